The van der Waals surface area contributed by atoms with Crippen LogP contribution in [0.15, 0.2) is 24.3 Å². The zero-order valence-electron chi connectivity index (χ0n) is 8.86. The van der Waals surface area contributed by atoms with E-state index in [4.69, 9.17) is 6.42 Å². The lowest BCUT2D eigenvalue weighted by Gasteiger charge is -2.16. The van der Waals surface area contributed by atoms with Gasteiger partial charge in [0.15, 0.2) is 0 Å². The summed E-state index contributed by atoms with van der Waals surface area (Å²) in [7, 11) is 0. The van der Waals surface area contributed by atoms with Crippen LogP contribution in [0.25, 0.3) is 0 Å². The number of terminal acetylenes is 1. The highest BCUT2D eigenvalue weighted by atomic mass is 16.2. The largest absolute Gasteiger partial charge is 0.328 e. The fourth-order valence-electron chi connectivity index (χ4n) is 1.00. The molecule has 0 rings (SSSR count). The van der Waals surface area contributed by atoms with Gasteiger partial charge in [0.1, 0.15) is 0 Å². The number of nitrogens with zero attached hydrogens (tertiary/aromatic N) is 1. The third-order valence-electron chi connectivity index (χ3n) is 1.63. The van der Waals surface area contributed by atoms with Crippen LogP contribution in [0.3, 0.4) is 0 Å². The highest BCUT2D eigenvalue weighted by molar-refractivity contribution is 5.88. The molecule has 0 aromatic carbocycles. The van der Waals surface area contributed by atoms with Crippen molar-refractivity contribution in [2.75, 3.05) is 13.1 Å². The summed E-state index contributed by atoms with van der Waals surface area (Å²) in [5.41, 5.74) is 0. The Bertz CT molecular complexity index is 258. The van der Waals surface area contributed by atoms with Gasteiger partial charge < -0.3 is 4.90 Å². The number of rotatable bonds is 5. The molecule has 0 aliphatic carbocycles. The summed E-state index contributed by atoms with van der Waals surface area (Å²) >= 11 is 0. The predicted octanol–water partition coefficient (Wildman–Crippen LogP) is 1.99. The molecule has 0 unspecified atom stereocenters. The van der Waals surface area contributed by atoms with Gasteiger partial charge in [0.05, 0.1) is 6.54 Å². The molecule has 0 saturated heterocycles. The van der Waals surface area contributed by atoms with Crippen LogP contribution in [-0.2, 0) is 4.79 Å². The Morgan fingerprint density at radius 2 is 2.21 bits per heavy atom. The molecule has 0 N–H and O–H groups in total. The Kier molecular flexibility index (Phi) is 7.26. The first-order valence-corrected chi connectivity index (χ1v) is 4.78. The highest BCUT2D eigenvalue weighted by Crippen LogP contribution is 1.93. The number of carbonyl (C=O) groups is 1. The maximum absolute atomic E-state index is 11.5. The third-order valence-corrected chi connectivity index (χ3v) is 1.63. The number of carbonyl (C=O) groups excluding carboxylic acids is 1. The molecule has 76 valence electrons. The second kappa shape index (κ2) is 8.12. The van der Waals surface area contributed by atoms with Crippen molar-refractivity contribution in [2.24, 2.45) is 0 Å². The lowest BCUT2D eigenvalue weighted by Crippen LogP contribution is -2.30. The zero-order chi connectivity index (χ0) is 10.8. The Balaban J connectivity index is 4.22. The van der Waals surface area contributed by atoms with E-state index in [1.54, 1.807) is 11.0 Å². The molecule has 0 aromatic rings. The van der Waals surface area contributed by atoms with Crippen LogP contribution in [0.4, 0.5) is 0 Å². The van der Waals surface area contributed by atoms with Gasteiger partial charge in [-0.3, -0.25) is 4.79 Å². The van der Waals surface area contributed by atoms with E-state index in [1.165, 1.54) is 6.08 Å². The summed E-state index contributed by atoms with van der Waals surface area (Å²) in [4.78, 5) is 13.2. The molecule has 0 heterocycles. The van der Waals surface area contributed by atoms with E-state index >= 15 is 0 Å². The van der Waals surface area contributed by atoms with Gasteiger partial charge in [-0.2, -0.15) is 0 Å². The van der Waals surface area contributed by atoms with Crippen molar-refractivity contribution >= 4 is 5.91 Å². The smallest absolute Gasteiger partial charge is 0.247 e. The Hall–Kier alpha value is -1.49. The monoisotopic (exact) mass is 191 g/mol. The van der Waals surface area contributed by atoms with Gasteiger partial charge in [-0.15, -0.1) is 6.42 Å². The minimum atomic E-state index is -0.0251. The maximum atomic E-state index is 11.5. The molecule has 0 aliphatic rings. The first kappa shape index (κ1) is 12.5. The molecule has 2 nitrogen and oxygen atoms in total. The fraction of sp³-hybridized carbons (Fsp3) is 0.417. The molecule has 14 heavy (non-hydrogen) atoms. The number of amides is 1. The van der Waals surface area contributed by atoms with E-state index in [1.807, 2.05) is 26.0 Å². The molecular weight excluding hydrogens is 174 g/mol. The van der Waals surface area contributed by atoms with Gasteiger partial charge in [0, 0.05) is 12.6 Å². The summed E-state index contributed by atoms with van der Waals surface area (Å²) < 4.78 is 0. The van der Waals surface area contributed by atoms with Gasteiger partial charge in [-0.25, -0.2) is 0 Å². The molecule has 2 heteroatoms. The maximum Gasteiger partial charge on any atom is 0.247 e. The Labute approximate surface area is 86.3 Å². The second-order valence-corrected chi connectivity index (χ2v) is 2.85. The summed E-state index contributed by atoms with van der Waals surface area (Å²) in [6.07, 6.45) is 13.0. The number of allylic oxidation sites excluding steroid dienone is 3. The third kappa shape index (κ3) is 5.21. The highest BCUT2D eigenvalue weighted by Gasteiger charge is 2.06. The van der Waals surface area contributed by atoms with Crippen molar-refractivity contribution < 1.29 is 4.79 Å². The molecular formula is C12H17NO. The van der Waals surface area contributed by atoms with Gasteiger partial charge in [0.2, 0.25) is 5.91 Å². The molecule has 0 radical (unpaired) electrons. The van der Waals surface area contributed by atoms with Crippen molar-refractivity contribution in [1.29, 1.82) is 0 Å². The van der Waals surface area contributed by atoms with E-state index in [0.29, 0.717) is 13.1 Å². The summed E-state index contributed by atoms with van der Waals surface area (Å²) in [5.74, 6) is 2.45. The van der Waals surface area contributed by atoms with Crippen LogP contribution in [-0.4, -0.2) is 23.9 Å². The van der Waals surface area contributed by atoms with E-state index in [-0.39, 0.29) is 5.91 Å². The van der Waals surface area contributed by atoms with Crippen LogP contribution in [0.5, 0.6) is 0 Å². The number of hydrogen-bond acceptors (Lipinski definition) is 1. The Morgan fingerprint density at radius 1 is 1.50 bits per heavy atom. The molecule has 0 saturated carbocycles. The second-order valence-electron chi connectivity index (χ2n) is 2.85. The zero-order valence-corrected chi connectivity index (χ0v) is 8.86. The molecule has 0 fully saturated rings. The molecule has 0 aliphatic heterocycles. The fourth-order valence-corrected chi connectivity index (χ4v) is 1.00. The molecule has 1 amide bonds. The molecule has 0 bridgehead atoms. The summed E-state index contributed by atoms with van der Waals surface area (Å²) in [6.45, 7) is 5.02. The first-order chi connectivity index (χ1) is 6.76. The van der Waals surface area contributed by atoms with Crippen LogP contribution >= 0.6 is 0 Å². The summed E-state index contributed by atoms with van der Waals surface area (Å²) in [5, 5.41) is 0. The van der Waals surface area contributed by atoms with E-state index in [2.05, 4.69) is 5.92 Å². The predicted molar refractivity (Wildman–Crippen MR) is 59.7 cm³/mol. The van der Waals surface area contributed by atoms with Crippen LogP contribution in [0.2, 0.25) is 0 Å². The molecule has 0 spiro atoms. The average molecular weight is 191 g/mol. The van der Waals surface area contributed by atoms with Gasteiger partial charge >= 0.3 is 0 Å². The van der Waals surface area contributed by atoms with E-state index in [9.17, 15) is 4.79 Å². The lowest BCUT2D eigenvalue weighted by molar-refractivity contribution is -0.125. The first-order valence-electron chi connectivity index (χ1n) is 4.78. The number of hydrogen-bond donors (Lipinski definition) is 0. The average Bonchev–Trinajstić information content (AvgIpc) is 2.18. The van der Waals surface area contributed by atoms with Crippen molar-refractivity contribution in [2.45, 2.75) is 20.3 Å². The van der Waals surface area contributed by atoms with Gasteiger partial charge in [-0.05, 0) is 13.3 Å². The van der Waals surface area contributed by atoms with E-state index < -0.39 is 0 Å². The van der Waals surface area contributed by atoms with Gasteiger partial charge in [0.25, 0.3) is 0 Å². The molecule has 0 aromatic heterocycles. The van der Waals surface area contributed by atoms with Crippen molar-refractivity contribution in [1.82, 2.24) is 4.90 Å². The standard InChI is InChI=1S/C12H17NO/c1-4-7-8-9-12(14)13(10-5-2)11-6-3/h2,4,7-9H,6,10-11H2,1,3H3/b7-4?,9-8+. The quantitative estimate of drug-likeness (QED) is 0.370. The van der Waals surface area contributed by atoms with E-state index in [0.717, 1.165) is 6.42 Å². The summed E-state index contributed by atoms with van der Waals surface area (Å²) in [6, 6.07) is 0. The van der Waals surface area contributed by atoms with Crippen molar-refractivity contribution in [3.05, 3.63) is 24.3 Å². The van der Waals surface area contributed by atoms with Crippen molar-refractivity contribution in [3.8, 4) is 12.3 Å². The SMILES string of the molecule is C#CCN(CCC)C(=O)/C=C/C=CC. The lowest BCUT2D eigenvalue weighted by atomic mass is 10.3. The van der Waals surface area contributed by atoms with Crippen LogP contribution < -0.4 is 0 Å². The van der Waals surface area contributed by atoms with Gasteiger partial charge in [-0.1, -0.05) is 31.1 Å². The normalized spacial score (nSPS) is 10.6. The van der Waals surface area contributed by atoms with Crippen LogP contribution in [0, 0.1) is 12.3 Å². The van der Waals surface area contributed by atoms with Crippen LogP contribution in [0.1, 0.15) is 20.3 Å². The minimum absolute atomic E-state index is 0.0251. The van der Waals surface area contributed by atoms with Crippen molar-refractivity contribution in [3.63, 3.8) is 0 Å². The Morgan fingerprint density at radius 3 is 2.71 bits per heavy atom. The topological polar surface area (TPSA) is 20.3 Å². The molecule has 0 atom stereocenters. The minimum Gasteiger partial charge on any atom is -0.328 e.